The monoisotopic (exact) mass is 359 g/mol. The number of aromatic nitrogens is 2. The van der Waals surface area contributed by atoms with E-state index in [-0.39, 0.29) is 44.0 Å². The zero-order valence-corrected chi connectivity index (χ0v) is 14.3. The summed E-state index contributed by atoms with van der Waals surface area (Å²) in [5, 5.41) is 19.1. The summed E-state index contributed by atoms with van der Waals surface area (Å²) in [4.78, 5) is 12.4. The largest absolute Gasteiger partial charge is 0.383 e. The lowest BCUT2D eigenvalue weighted by molar-refractivity contribution is -0.209. The Labute approximate surface area is 144 Å². The number of nitrogens with one attached hydrogen (secondary N) is 2. The molecule has 0 saturated carbocycles. The van der Waals surface area contributed by atoms with Crippen LogP contribution < -0.4 is 5.32 Å². The predicted octanol–water partition coefficient (Wildman–Crippen LogP) is 1.34. The van der Waals surface area contributed by atoms with Gasteiger partial charge in [-0.05, 0) is 13.8 Å². The summed E-state index contributed by atoms with van der Waals surface area (Å²) in [5.74, 6) is -4.14. The highest BCUT2D eigenvalue weighted by Gasteiger charge is 2.53. The third-order valence-electron chi connectivity index (χ3n) is 4.92. The molecular formula is C16H23F2N3O4. The molecule has 0 aliphatic carbocycles. The van der Waals surface area contributed by atoms with E-state index in [2.05, 4.69) is 15.5 Å². The van der Waals surface area contributed by atoms with Crippen molar-refractivity contribution in [1.82, 2.24) is 15.5 Å². The van der Waals surface area contributed by atoms with Gasteiger partial charge in [0.25, 0.3) is 11.8 Å². The van der Waals surface area contributed by atoms with Gasteiger partial charge in [-0.25, -0.2) is 8.78 Å². The van der Waals surface area contributed by atoms with Gasteiger partial charge in [-0.2, -0.15) is 5.10 Å². The number of fused-ring (bicyclic) bond motifs is 1. The van der Waals surface area contributed by atoms with Gasteiger partial charge in [-0.15, -0.1) is 0 Å². The quantitative estimate of drug-likeness (QED) is 0.754. The fourth-order valence-electron chi connectivity index (χ4n) is 3.38. The minimum Gasteiger partial charge on any atom is -0.383 e. The lowest BCUT2D eigenvalue weighted by atomic mass is 9.87. The molecule has 3 rings (SSSR count). The smallest absolute Gasteiger partial charge is 0.293 e. The van der Waals surface area contributed by atoms with Crippen molar-refractivity contribution >= 4 is 5.91 Å². The number of alkyl halides is 2. The van der Waals surface area contributed by atoms with Crippen LogP contribution >= 0.6 is 0 Å². The number of rotatable bonds is 4. The van der Waals surface area contributed by atoms with Crippen molar-refractivity contribution in [3.63, 3.8) is 0 Å². The van der Waals surface area contributed by atoms with E-state index in [0.717, 1.165) is 0 Å². The Morgan fingerprint density at radius 1 is 1.44 bits per heavy atom. The Balaban J connectivity index is 1.69. The van der Waals surface area contributed by atoms with E-state index in [1.807, 2.05) is 13.8 Å². The Bertz CT molecular complexity index is 643. The average molecular weight is 359 g/mol. The van der Waals surface area contributed by atoms with Crippen LogP contribution in [0.3, 0.4) is 0 Å². The minimum atomic E-state index is -3.45. The zero-order chi connectivity index (χ0) is 18.2. The van der Waals surface area contributed by atoms with E-state index in [1.165, 1.54) is 0 Å². The second kappa shape index (κ2) is 6.62. The molecule has 140 valence electrons. The second-order valence-electron chi connectivity index (χ2n) is 6.79. The number of halogens is 2. The van der Waals surface area contributed by atoms with Crippen molar-refractivity contribution in [2.75, 3.05) is 19.8 Å². The number of aromatic amines is 1. The normalized spacial score (nSPS) is 26.1. The van der Waals surface area contributed by atoms with Crippen molar-refractivity contribution < 1.29 is 28.2 Å². The van der Waals surface area contributed by atoms with Crippen LogP contribution in [0.25, 0.3) is 0 Å². The van der Waals surface area contributed by atoms with Crippen LogP contribution in [-0.4, -0.2) is 58.6 Å². The maximum Gasteiger partial charge on any atom is 0.293 e. The molecule has 0 unspecified atom stereocenters. The van der Waals surface area contributed by atoms with Gasteiger partial charge in [0.05, 0.1) is 24.4 Å². The van der Waals surface area contributed by atoms with E-state index >= 15 is 0 Å². The van der Waals surface area contributed by atoms with Crippen LogP contribution in [0.15, 0.2) is 0 Å². The van der Waals surface area contributed by atoms with Gasteiger partial charge in [-0.3, -0.25) is 9.89 Å². The van der Waals surface area contributed by atoms with Gasteiger partial charge in [0, 0.05) is 38.0 Å². The average Bonchev–Trinajstić information content (AvgIpc) is 2.97. The Morgan fingerprint density at radius 2 is 2.12 bits per heavy atom. The molecule has 0 bridgehead atoms. The highest BCUT2D eigenvalue weighted by Crippen LogP contribution is 2.36. The highest BCUT2D eigenvalue weighted by molar-refractivity contribution is 5.94. The number of carbonyl (C=O) groups excluding carboxylic acids is 1. The van der Waals surface area contributed by atoms with E-state index in [1.54, 1.807) is 0 Å². The van der Waals surface area contributed by atoms with Crippen LogP contribution in [0.5, 0.6) is 0 Å². The Hall–Kier alpha value is -1.58. The molecule has 3 heterocycles. The first-order valence-electron chi connectivity index (χ1n) is 8.42. The van der Waals surface area contributed by atoms with Gasteiger partial charge in [-0.1, -0.05) is 0 Å². The summed E-state index contributed by atoms with van der Waals surface area (Å²) in [5.41, 5.74) is -0.679. The fraction of sp³-hybridized carbons (Fsp3) is 0.750. The molecule has 1 amide bonds. The maximum absolute atomic E-state index is 14.4. The number of aliphatic hydroxyl groups is 1. The maximum atomic E-state index is 14.4. The van der Waals surface area contributed by atoms with Gasteiger partial charge >= 0.3 is 0 Å². The first kappa shape index (κ1) is 18.2. The number of H-pyrrole nitrogens is 1. The first-order chi connectivity index (χ1) is 11.7. The molecule has 1 fully saturated rings. The van der Waals surface area contributed by atoms with Crippen LogP contribution in [-0.2, 0) is 15.9 Å². The molecule has 1 aromatic rings. The lowest BCUT2D eigenvalue weighted by Gasteiger charge is -2.38. The molecular weight excluding hydrogens is 336 g/mol. The highest BCUT2D eigenvalue weighted by atomic mass is 19.3. The molecule has 0 aromatic carbocycles. The van der Waals surface area contributed by atoms with Crippen LogP contribution in [0.1, 0.15) is 54.5 Å². The standard InChI is InChI=1S/C16H23F2N3O4/c1-9-7-11-12(10(2)25-9)20-21-13(11)14(22)19-8-16(17,18)15(23)3-5-24-6-4-15/h9-10,23H,3-8H2,1-2H3,(H,19,22)(H,20,21)/t9-,10+/m1/s1. The van der Waals surface area contributed by atoms with Crippen molar-refractivity contribution in [3.8, 4) is 0 Å². The van der Waals surface area contributed by atoms with Gasteiger partial charge in [0.2, 0.25) is 0 Å². The van der Waals surface area contributed by atoms with Gasteiger partial charge in [0.1, 0.15) is 5.60 Å². The SMILES string of the molecule is C[C@@H]1Cc2c(C(=O)NCC(F)(F)C3(O)CCOCC3)n[nH]c2[C@H](C)O1. The lowest BCUT2D eigenvalue weighted by Crippen LogP contribution is -2.56. The van der Waals surface area contributed by atoms with E-state index in [4.69, 9.17) is 9.47 Å². The molecule has 1 saturated heterocycles. The number of carbonyl (C=O) groups is 1. The third-order valence-corrected chi connectivity index (χ3v) is 4.92. The van der Waals surface area contributed by atoms with E-state index in [0.29, 0.717) is 17.7 Å². The summed E-state index contributed by atoms with van der Waals surface area (Å²) in [6.07, 6.45) is -0.176. The van der Waals surface area contributed by atoms with Crippen LogP contribution in [0.4, 0.5) is 8.78 Å². The number of hydrogen-bond acceptors (Lipinski definition) is 5. The van der Waals surface area contributed by atoms with Crippen molar-refractivity contribution in [3.05, 3.63) is 17.0 Å². The van der Waals surface area contributed by atoms with Crippen molar-refractivity contribution in [2.45, 2.75) is 56.8 Å². The zero-order valence-electron chi connectivity index (χ0n) is 14.3. The summed E-state index contributed by atoms with van der Waals surface area (Å²) >= 11 is 0. The van der Waals surface area contributed by atoms with Gasteiger partial charge < -0.3 is 19.9 Å². The number of hydrogen-bond donors (Lipinski definition) is 3. The molecule has 2 atom stereocenters. The minimum absolute atomic E-state index is 0.0721. The molecule has 3 N–H and O–H groups in total. The van der Waals surface area contributed by atoms with Crippen LogP contribution in [0.2, 0.25) is 0 Å². The number of ether oxygens (including phenoxy) is 2. The van der Waals surface area contributed by atoms with Crippen molar-refractivity contribution in [1.29, 1.82) is 0 Å². The fourth-order valence-corrected chi connectivity index (χ4v) is 3.38. The molecule has 0 radical (unpaired) electrons. The Morgan fingerprint density at radius 3 is 2.80 bits per heavy atom. The Kier molecular flexibility index (Phi) is 4.82. The summed E-state index contributed by atoms with van der Waals surface area (Å²) in [6, 6.07) is 0. The molecule has 0 spiro atoms. The molecule has 2 aliphatic heterocycles. The predicted molar refractivity (Wildman–Crippen MR) is 83.5 cm³/mol. The molecule has 2 aliphatic rings. The topological polar surface area (TPSA) is 96.5 Å². The molecule has 9 heteroatoms. The summed E-state index contributed by atoms with van der Waals surface area (Å²) < 4.78 is 39.4. The first-order valence-corrected chi connectivity index (χ1v) is 8.42. The third kappa shape index (κ3) is 3.40. The molecule has 1 aromatic heterocycles. The number of nitrogens with zero attached hydrogens (tertiary/aromatic N) is 1. The van der Waals surface area contributed by atoms with E-state index < -0.39 is 24.0 Å². The molecule has 7 nitrogen and oxygen atoms in total. The van der Waals surface area contributed by atoms with Crippen molar-refractivity contribution in [2.24, 2.45) is 0 Å². The summed E-state index contributed by atoms with van der Waals surface area (Å²) in [6.45, 7) is 2.91. The van der Waals surface area contributed by atoms with Crippen LogP contribution in [0, 0.1) is 0 Å². The van der Waals surface area contributed by atoms with Gasteiger partial charge in [0.15, 0.2) is 5.69 Å². The summed E-state index contributed by atoms with van der Waals surface area (Å²) in [7, 11) is 0. The number of amides is 1. The second-order valence-corrected chi connectivity index (χ2v) is 6.79. The van der Waals surface area contributed by atoms with E-state index in [9.17, 15) is 18.7 Å². The molecule has 25 heavy (non-hydrogen) atoms.